The molecule has 1 saturated carbocycles. The number of piperazine rings is 1. The van der Waals surface area contributed by atoms with Crippen LogP contribution in [0.4, 0.5) is 4.39 Å². The van der Waals surface area contributed by atoms with E-state index in [2.05, 4.69) is 10.2 Å². The van der Waals surface area contributed by atoms with Crippen LogP contribution in [0, 0.1) is 11.7 Å². The SMILES string of the molecule is Fc1cccc(Cl)c1[C@H](C1CC1)N1CCNCC1. The summed E-state index contributed by atoms with van der Waals surface area (Å²) in [6.45, 7) is 3.92. The van der Waals surface area contributed by atoms with Gasteiger partial charge in [-0.3, -0.25) is 4.90 Å². The highest BCUT2D eigenvalue weighted by atomic mass is 35.5. The Morgan fingerprint density at radius 1 is 1.28 bits per heavy atom. The second-order valence-corrected chi connectivity index (χ2v) is 5.61. The van der Waals surface area contributed by atoms with E-state index in [1.807, 2.05) is 0 Å². The number of hydrogen-bond acceptors (Lipinski definition) is 2. The lowest BCUT2D eigenvalue weighted by Gasteiger charge is -2.36. The Kier molecular flexibility index (Phi) is 3.55. The number of halogens is 2. The molecule has 1 atom stereocenters. The molecule has 2 nitrogen and oxygen atoms in total. The van der Waals surface area contributed by atoms with Gasteiger partial charge in [0.1, 0.15) is 5.82 Å². The van der Waals surface area contributed by atoms with E-state index in [1.54, 1.807) is 12.1 Å². The zero-order valence-corrected chi connectivity index (χ0v) is 11.1. The van der Waals surface area contributed by atoms with Crippen LogP contribution in [0.25, 0.3) is 0 Å². The highest BCUT2D eigenvalue weighted by Gasteiger charge is 2.39. The smallest absolute Gasteiger partial charge is 0.129 e. The molecule has 0 spiro atoms. The van der Waals surface area contributed by atoms with Crippen molar-refractivity contribution in [1.82, 2.24) is 10.2 Å². The predicted octanol–water partition coefficient (Wildman–Crippen LogP) is 2.84. The average molecular weight is 269 g/mol. The van der Waals surface area contributed by atoms with E-state index in [-0.39, 0.29) is 11.9 Å². The molecule has 0 amide bonds. The van der Waals surface area contributed by atoms with Crippen LogP contribution < -0.4 is 5.32 Å². The second-order valence-electron chi connectivity index (χ2n) is 5.20. The summed E-state index contributed by atoms with van der Waals surface area (Å²) in [4.78, 5) is 2.39. The van der Waals surface area contributed by atoms with Crippen molar-refractivity contribution in [3.63, 3.8) is 0 Å². The van der Waals surface area contributed by atoms with Gasteiger partial charge in [-0.05, 0) is 30.9 Å². The molecule has 4 heteroatoms. The molecular formula is C14H18ClFN2. The summed E-state index contributed by atoms with van der Waals surface area (Å²) in [6.07, 6.45) is 2.39. The Hall–Kier alpha value is -0.640. The minimum Gasteiger partial charge on any atom is -0.314 e. The Balaban J connectivity index is 1.93. The average Bonchev–Trinajstić information content (AvgIpc) is 3.19. The van der Waals surface area contributed by atoms with Crippen LogP contribution in [-0.4, -0.2) is 31.1 Å². The molecule has 18 heavy (non-hydrogen) atoms. The maximum Gasteiger partial charge on any atom is 0.129 e. The summed E-state index contributed by atoms with van der Waals surface area (Å²) in [5, 5.41) is 3.92. The van der Waals surface area contributed by atoms with Crippen molar-refractivity contribution < 1.29 is 4.39 Å². The van der Waals surface area contributed by atoms with Crippen molar-refractivity contribution >= 4 is 11.6 Å². The van der Waals surface area contributed by atoms with E-state index in [1.165, 1.54) is 18.9 Å². The summed E-state index contributed by atoms with van der Waals surface area (Å²) in [6, 6.07) is 5.18. The summed E-state index contributed by atoms with van der Waals surface area (Å²) >= 11 is 6.23. The molecule has 2 fully saturated rings. The minimum absolute atomic E-state index is 0.155. The van der Waals surface area contributed by atoms with Crippen LogP contribution in [-0.2, 0) is 0 Å². The predicted molar refractivity (Wildman–Crippen MR) is 71.3 cm³/mol. The molecule has 1 saturated heterocycles. The molecule has 1 aromatic carbocycles. The van der Waals surface area contributed by atoms with Gasteiger partial charge in [-0.15, -0.1) is 0 Å². The van der Waals surface area contributed by atoms with E-state index < -0.39 is 0 Å². The molecule has 2 aliphatic rings. The topological polar surface area (TPSA) is 15.3 Å². The molecule has 0 unspecified atom stereocenters. The standard InChI is InChI=1S/C14H18ClFN2/c15-11-2-1-3-12(16)13(11)14(10-4-5-10)18-8-6-17-7-9-18/h1-3,10,14,17H,4-9H2/t14-/m0/s1. The molecule has 3 rings (SSSR count). The van der Waals surface area contributed by atoms with E-state index in [4.69, 9.17) is 11.6 Å². The monoisotopic (exact) mass is 268 g/mol. The van der Waals surface area contributed by atoms with Gasteiger partial charge in [0.05, 0.1) is 0 Å². The van der Waals surface area contributed by atoms with Crippen LogP contribution in [0.1, 0.15) is 24.4 Å². The van der Waals surface area contributed by atoms with Gasteiger partial charge >= 0.3 is 0 Å². The molecule has 98 valence electrons. The van der Waals surface area contributed by atoms with E-state index in [9.17, 15) is 4.39 Å². The lowest BCUT2D eigenvalue weighted by molar-refractivity contribution is 0.153. The van der Waals surface area contributed by atoms with Crippen LogP contribution in [0.5, 0.6) is 0 Å². The van der Waals surface area contributed by atoms with Gasteiger partial charge in [-0.25, -0.2) is 4.39 Å². The van der Waals surface area contributed by atoms with Gasteiger partial charge in [0.2, 0.25) is 0 Å². The summed E-state index contributed by atoms with van der Waals surface area (Å²) < 4.78 is 14.1. The molecule has 1 aliphatic heterocycles. The highest BCUT2D eigenvalue weighted by molar-refractivity contribution is 6.31. The van der Waals surface area contributed by atoms with Gasteiger partial charge in [-0.2, -0.15) is 0 Å². The Morgan fingerprint density at radius 3 is 2.61 bits per heavy atom. The molecule has 1 aliphatic carbocycles. The number of hydrogen-bond donors (Lipinski definition) is 1. The minimum atomic E-state index is -0.155. The summed E-state index contributed by atoms with van der Waals surface area (Å²) in [5.41, 5.74) is 0.712. The largest absolute Gasteiger partial charge is 0.314 e. The fourth-order valence-electron chi connectivity index (χ4n) is 2.88. The van der Waals surface area contributed by atoms with Crippen molar-refractivity contribution in [2.24, 2.45) is 5.92 Å². The lowest BCUT2D eigenvalue weighted by atomic mass is 9.99. The first kappa shape index (κ1) is 12.4. The van der Waals surface area contributed by atoms with Gasteiger partial charge in [0.25, 0.3) is 0 Å². The first-order valence-electron chi connectivity index (χ1n) is 6.66. The third-order valence-electron chi connectivity index (χ3n) is 3.91. The van der Waals surface area contributed by atoms with Crippen LogP contribution >= 0.6 is 11.6 Å². The highest BCUT2D eigenvalue weighted by Crippen LogP contribution is 2.47. The van der Waals surface area contributed by atoms with Crippen molar-refractivity contribution in [1.29, 1.82) is 0 Å². The third kappa shape index (κ3) is 2.40. The molecule has 1 aromatic rings. The van der Waals surface area contributed by atoms with Gasteiger partial charge in [-0.1, -0.05) is 17.7 Å². The van der Waals surface area contributed by atoms with Crippen LogP contribution in [0.2, 0.25) is 5.02 Å². The quantitative estimate of drug-likeness (QED) is 0.907. The second kappa shape index (κ2) is 5.16. The maximum absolute atomic E-state index is 14.1. The third-order valence-corrected chi connectivity index (χ3v) is 4.24. The Labute approximate surface area is 112 Å². The van der Waals surface area contributed by atoms with E-state index in [0.29, 0.717) is 16.5 Å². The number of rotatable bonds is 3. The lowest BCUT2D eigenvalue weighted by Crippen LogP contribution is -2.46. The fraction of sp³-hybridized carbons (Fsp3) is 0.571. The Morgan fingerprint density at radius 2 is 2.00 bits per heavy atom. The van der Waals surface area contributed by atoms with Crippen molar-refractivity contribution in [3.05, 3.63) is 34.6 Å². The van der Waals surface area contributed by atoms with Crippen molar-refractivity contribution in [3.8, 4) is 0 Å². The van der Waals surface area contributed by atoms with Crippen molar-refractivity contribution in [2.45, 2.75) is 18.9 Å². The van der Waals surface area contributed by atoms with E-state index >= 15 is 0 Å². The Bertz CT molecular complexity index is 408. The summed E-state index contributed by atoms with van der Waals surface area (Å²) in [5.74, 6) is 0.426. The van der Waals surface area contributed by atoms with Crippen LogP contribution in [0.15, 0.2) is 18.2 Å². The van der Waals surface area contributed by atoms with Gasteiger partial charge < -0.3 is 5.32 Å². The normalized spacial score (nSPS) is 23.0. The maximum atomic E-state index is 14.1. The molecule has 1 N–H and O–H groups in total. The van der Waals surface area contributed by atoms with Crippen LogP contribution in [0.3, 0.4) is 0 Å². The fourth-order valence-corrected chi connectivity index (χ4v) is 3.16. The van der Waals surface area contributed by atoms with Crippen molar-refractivity contribution in [2.75, 3.05) is 26.2 Å². The summed E-state index contributed by atoms with van der Waals surface area (Å²) in [7, 11) is 0. The molecule has 0 bridgehead atoms. The van der Waals surface area contributed by atoms with E-state index in [0.717, 1.165) is 26.2 Å². The number of nitrogens with one attached hydrogen (secondary N) is 1. The molecule has 1 heterocycles. The zero-order valence-electron chi connectivity index (χ0n) is 10.3. The number of nitrogens with zero attached hydrogens (tertiary/aromatic N) is 1. The van der Waals surface area contributed by atoms with Gasteiger partial charge in [0.15, 0.2) is 0 Å². The first-order valence-corrected chi connectivity index (χ1v) is 7.04. The first-order chi connectivity index (χ1) is 8.77. The molecule has 0 aromatic heterocycles. The van der Waals surface area contributed by atoms with Gasteiger partial charge in [0, 0.05) is 42.8 Å². The number of benzene rings is 1. The molecular weight excluding hydrogens is 251 g/mol. The molecule has 0 radical (unpaired) electrons. The zero-order chi connectivity index (χ0) is 12.5.